The minimum atomic E-state index is -4.81. The number of carbonyl (C=O) groups excluding carboxylic acids is 1. The summed E-state index contributed by atoms with van der Waals surface area (Å²) in [5.74, 6) is 0.118. The summed E-state index contributed by atoms with van der Waals surface area (Å²) in [4.78, 5) is 18.6. The van der Waals surface area contributed by atoms with E-state index in [1.807, 2.05) is 12.1 Å². The average molecular weight is 656 g/mol. The van der Waals surface area contributed by atoms with E-state index in [9.17, 15) is 31.1 Å². The summed E-state index contributed by atoms with van der Waals surface area (Å²) in [5.41, 5.74) is -0.0967. The van der Waals surface area contributed by atoms with E-state index in [4.69, 9.17) is 14.5 Å². The molecule has 4 aromatic rings. The summed E-state index contributed by atoms with van der Waals surface area (Å²) in [6.07, 6.45) is -8.99. The van der Waals surface area contributed by atoms with Gasteiger partial charge in [-0.2, -0.15) is 13.2 Å². The molecule has 1 heterocycles. The second kappa shape index (κ2) is 13.5. The number of ether oxygens (including phenoxy) is 3. The Hall–Kier alpha value is -3.71. The van der Waals surface area contributed by atoms with Gasteiger partial charge in [0.05, 0.1) is 17.9 Å². The summed E-state index contributed by atoms with van der Waals surface area (Å²) in [5, 5.41) is 0.520. The van der Waals surface area contributed by atoms with Gasteiger partial charge in [-0.3, -0.25) is 0 Å². The molecule has 0 fully saturated rings. The van der Waals surface area contributed by atoms with Crippen molar-refractivity contribution < 1.29 is 45.3 Å². The van der Waals surface area contributed by atoms with Crippen molar-refractivity contribution in [1.29, 1.82) is 0 Å². The van der Waals surface area contributed by atoms with Crippen LogP contribution in [-0.2, 0) is 27.9 Å². The Morgan fingerprint density at radius 2 is 1.43 bits per heavy atom. The fourth-order valence-electron chi connectivity index (χ4n) is 3.96. The van der Waals surface area contributed by atoms with Crippen LogP contribution in [0.25, 0.3) is 10.6 Å². The quantitative estimate of drug-likeness (QED) is 0.0912. The molecule has 0 bridgehead atoms. The summed E-state index contributed by atoms with van der Waals surface area (Å²) in [6.45, 7) is 5.18. The van der Waals surface area contributed by atoms with Gasteiger partial charge in [0, 0.05) is 27.5 Å². The molecule has 1 aromatic heterocycles. The number of nitrogens with zero attached hydrogens (tertiary/aromatic N) is 1. The van der Waals surface area contributed by atoms with Gasteiger partial charge in [0.25, 0.3) is 0 Å². The van der Waals surface area contributed by atoms with Gasteiger partial charge >= 0.3 is 18.5 Å². The zero-order valence-corrected chi connectivity index (χ0v) is 25.3. The molecule has 4 rings (SSSR count). The highest BCUT2D eigenvalue weighted by atomic mass is 32.2. The number of thioether (sulfide) groups is 1. The normalized spacial score (nSPS) is 12.2. The molecule has 0 saturated heterocycles. The molecule has 13 heteroatoms. The van der Waals surface area contributed by atoms with Gasteiger partial charge in [-0.15, -0.1) is 36.3 Å². The third-order valence-corrected chi connectivity index (χ3v) is 8.47. The lowest BCUT2D eigenvalue weighted by Crippen LogP contribution is -2.39. The number of aromatic nitrogens is 1. The highest BCUT2D eigenvalue weighted by Crippen LogP contribution is 2.37. The molecule has 0 aliphatic carbocycles. The average Bonchev–Trinajstić information content (AvgIpc) is 3.35. The second-order valence-electron chi connectivity index (χ2n) is 9.93. The van der Waals surface area contributed by atoms with Crippen LogP contribution in [-0.4, -0.2) is 29.5 Å². The molecule has 0 saturated carbocycles. The van der Waals surface area contributed by atoms with Crippen LogP contribution in [0.1, 0.15) is 42.5 Å². The molecule has 0 unspecified atom stereocenters. The van der Waals surface area contributed by atoms with E-state index in [1.165, 1.54) is 59.5 Å². The minimum absolute atomic E-state index is 0.235. The Bertz CT molecular complexity index is 1550. The summed E-state index contributed by atoms with van der Waals surface area (Å²) < 4.78 is 91.7. The summed E-state index contributed by atoms with van der Waals surface area (Å²) in [7, 11) is 0. The highest BCUT2D eigenvalue weighted by Gasteiger charge is 2.32. The van der Waals surface area contributed by atoms with Crippen molar-refractivity contribution in [2.45, 2.75) is 56.0 Å². The Balaban J connectivity index is 1.53. The van der Waals surface area contributed by atoms with Gasteiger partial charge in [-0.05, 0) is 74.9 Å². The van der Waals surface area contributed by atoms with Gasteiger partial charge in [0.2, 0.25) is 0 Å². The number of carbonyl (C=O) groups is 1. The van der Waals surface area contributed by atoms with E-state index in [0.29, 0.717) is 33.3 Å². The lowest BCUT2D eigenvalue weighted by Gasteiger charge is -2.24. The maximum Gasteiger partial charge on any atom is 0.573 e. The number of esters is 1. The van der Waals surface area contributed by atoms with Gasteiger partial charge in [0.1, 0.15) is 16.5 Å². The van der Waals surface area contributed by atoms with Crippen molar-refractivity contribution in [2.24, 2.45) is 0 Å². The Labute approximate surface area is 258 Å². The lowest BCUT2D eigenvalue weighted by atomic mass is 10.1. The van der Waals surface area contributed by atoms with Crippen molar-refractivity contribution in [1.82, 2.24) is 4.98 Å². The van der Waals surface area contributed by atoms with Crippen LogP contribution >= 0.6 is 23.1 Å². The Morgan fingerprint density at radius 3 is 2.00 bits per heavy atom. The standard InChI is InChI=1S/C31H27F6NO4S2/c1-4-40-28(39)29(2,3)41-22-13-15-24(16-14-22)43-18-26-25(17-19-5-11-23(12-6-19)42-31(35,36)37)38-27(44-26)20-7-9-21(10-8-20)30(32,33)34/h5-16H,4,17-18H2,1-3H3. The first-order valence-corrected chi connectivity index (χ1v) is 15.0. The van der Waals surface area contributed by atoms with Gasteiger partial charge in [-0.1, -0.05) is 24.3 Å². The number of hydrogen-bond donors (Lipinski definition) is 0. The zero-order valence-electron chi connectivity index (χ0n) is 23.7. The molecule has 0 amide bonds. The fourth-order valence-corrected chi connectivity index (χ4v) is 6.04. The molecular weight excluding hydrogens is 628 g/mol. The molecular formula is C31H27F6NO4S2. The summed E-state index contributed by atoms with van der Waals surface area (Å²) in [6, 6.07) is 17.3. The van der Waals surface area contributed by atoms with Crippen LogP contribution in [0.5, 0.6) is 11.5 Å². The Kier molecular flexibility index (Phi) is 10.2. The van der Waals surface area contributed by atoms with Gasteiger partial charge in [0.15, 0.2) is 5.60 Å². The predicted molar refractivity (Wildman–Crippen MR) is 156 cm³/mol. The molecule has 0 N–H and O–H groups in total. The number of thiazole rings is 1. The van der Waals surface area contributed by atoms with Gasteiger partial charge in [-0.25, -0.2) is 9.78 Å². The first-order chi connectivity index (χ1) is 20.6. The molecule has 0 spiro atoms. The van der Waals surface area contributed by atoms with Crippen LogP contribution in [0, 0.1) is 0 Å². The van der Waals surface area contributed by atoms with E-state index in [0.717, 1.165) is 21.9 Å². The Morgan fingerprint density at radius 1 is 0.841 bits per heavy atom. The predicted octanol–water partition coefficient (Wildman–Crippen LogP) is 9.33. The van der Waals surface area contributed by atoms with Crippen molar-refractivity contribution in [3.8, 4) is 22.1 Å². The molecule has 0 aliphatic heterocycles. The number of rotatable bonds is 11. The smallest absolute Gasteiger partial charge is 0.476 e. The first-order valence-electron chi connectivity index (χ1n) is 13.2. The van der Waals surface area contributed by atoms with Gasteiger partial charge < -0.3 is 14.2 Å². The van der Waals surface area contributed by atoms with Crippen molar-refractivity contribution >= 4 is 29.1 Å². The third kappa shape index (κ3) is 9.15. The molecule has 234 valence electrons. The maximum atomic E-state index is 13.1. The first kappa shape index (κ1) is 33.2. The monoisotopic (exact) mass is 655 g/mol. The fraction of sp³-hybridized carbons (Fsp3) is 0.290. The van der Waals surface area contributed by atoms with E-state index in [-0.39, 0.29) is 18.8 Å². The van der Waals surface area contributed by atoms with E-state index in [1.54, 1.807) is 32.9 Å². The van der Waals surface area contributed by atoms with E-state index < -0.39 is 29.7 Å². The van der Waals surface area contributed by atoms with E-state index in [2.05, 4.69) is 4.74 Å². The van der Waals surface area contributed by atoms with Crippen molar-refractivity contribution in [3.63, 3.8) is 0 Å². The molecule has 0 atom stereocenters. The lowest BCUT2D eigenvalue weighted by molar-refractivity contribution is -0.274. The number of benzene rings is 3. The molecule has 0 aliphatic rings. The highest BCUT2D eigenvalue weighted by molar-refractivity contribution is 7.98. The van der Waals surface area contributed by atoms with Crippen LogP contribution in [0.3, 0.4) is 0 Å². The van der Waals surface area contributed by atoms with Crippen molar-refractivity contribution in [2.75, 3.05) is 6.61 Å². The minimum Gasteiger partial charge on any atom is -0.476 e. The van der Waals surface area contributed by atoms with Crippen LogP contribution in [0.4, 0.5) is 26.3 Å². The zero-order chi connectivity index (χ0) is 32.1. The number of hydrogen-bond acceptors (Lipinski definition) is 7. The van der Waals surface area contributed by atoms with Crippen LogP contribution < -0.4 is 9.47 Å². The maximum absolute atomic E-state index is 13.1. The molecule has 44 heavy (non-hydrogen) atoms. The summed E-state index contributed by atoms with van der Waals surface area (Å²) >= 11 is 2.82. The van der Waals surface area contributed by atoms with Crippen LogP contribution in [0.15, 0.2) is 77.7 Å². The number of alkyl halides is 6. The molecule has 5 nitrogen and oxygen atoms in total. The van der Waals surface area contributed by atoms with Crippen LogP contribution in [0.2, 0.25) is 0 Å². The third-order valence-electron chi connectivity index (χ3n) is 6.10. The second-order valence-corrected chi connectivity index (χ2v) is 12.1. The van der Waals surface area contributed by atoms with E-state index >= 15 is 0 Å². The number of halogens is 6. The largest absolute Gasteiger partial charge is 0.573 e. The molecule has 3 aromatic carbocycles. The molecule has 0 radical (unpaired) electrons. The SMILES string of the molecule is CCOC(=O)C(C)(C)Oc1ccc(SCc2sc(-c3ccc(C(F)(F)F)cc3)nc2Cc2ccc(OC(F)(F)F)cc2)cc1. The topological polar surface area (TPSA) is 57.7 Å². The van der Waals surface area contributed by atoms with Crippen molar-refractivity contribution in [3.05, 3.63) is 94.5 Å².